The lowest BCUT2D eigenvalue weighted by Gasteiger charge is -2.26. The second-order valence-electron chi connectivity index (χ2n) is 4.18. The Morgan fingerprint density at radius 3 is 2.83 bits per heavy atom. The normalized spacial score (nSPS) is 42.4. The molecular formula is C10H16O2. The first-order chi connectivity index (χ1) is 5.73. The molecule has 2 saturated carbocycles. The number of Topliss-reactive ketones (excluding diaryl/α,β-unsaturated/α-hetero) is 1. The van der Waals surface area contributed by atoms with E-state index < -0.39 is 5.60 Å². The van der Waals surface area contributed by atoms with Crippen LogP contribution in [0, 0.1) is 5.92 Å². The van der Waals surface area contributed by atoms with E-state index in [9.17, 15) is 9.90 Å². The third-order valence-electron chi connectivity index (χ3n) is 3.48. The van der Waals surface area contributed by atoms with E-state index in [0.29, 0.717) is 6.42 Å². The summed E-state index contributed by atoms with van der Waals surface area (Å²) in [5.41, 5.74) is -0.906. The van der Waals surface area contributed by atoms with E-state index in [1.165, 1.54) is 0 Å². The molecule has 12 heavy (non-hydrogen) atoms. The molecule has 0 radical (unpaired) electrons. The van der Waals surface area contributed by atoms with Crippen LogP contribution < -0.4 is 0 Å². The van der Waals surface area contributed by atoms with Crippen molar-refractivity contribution in [2.75, 3.05) is 0 Å². The number of ketones is 1. The van der Waals surface area contributed by atoms with Crippen LogP contribution in [0.5, 0.6) is 0 Å². The molecule has 0 spiro atoms. The van der Waals surface area contributed by atoms with Crippen LogP contribution in [0.15, 0.2) is 0 Å². The van der Waals surface area contributed by atoms with E-state index in [-0.39, 0.29) is 11.7 Å². The van der Waals surface area contributed by atoms with E-state index in [1.54, 1.807) is 0 Å². The predicted octanol–water partition coefficient (Wildman–Crippen LogP) is 1.66. The molecule has 2 nitrogen and oxygen atoms in total. The van der Waals surface area contributed by atoms with Crippen LogP contribution in [0.2, 0.25) is 0 Å². The van der Waals surface area contributed by atoms with Crippen LogP contribution in [-0.2, 0) is 4.79 Å². The van der Waals surface area contributed by atoms with Crippen LogP contribution in [0.3, 0.4) is 0 Å². The molecule has 0 saturated heterocycles. The first kappa shape index (κ1) is 8.24. The van der Waals surface area contributed by atoms with Gasteiger partial charge in [-0.3, -0.25) is 4.79 Å². The molecule has 2 rings (SSSR count). The summed E-state index contributed by atoms with van der Waals surface area (Å²) < 4.78 is 0. The Bertz CT molecular complexity index is 200. The van der Waals surface area contributed by atoms with Gasteiger partial charge in [0.2, 0.25) is 0 Å². The van der Waals surface area contributed by atoms with Crippen molar-refractivity contribution in [1.29, 1.82) is 0 Å². The average Bonchev–Trinajstić information content (AvgIpc) is 2.37. The Balaban J connectivity index is 2.23. The summed E-state index contributed by atoms with van der Waals surface area (Å²) in [6.07, 6.45) is 6.58. The van der Waals surface area contributed by atoms with E-state index in [2.05, 4.69) is 0 Å². The average molecular weight is 168 g/mol. The molecule has 68 valence electrons. The van der Waals surface area contributed by atoms with Crippen molar-refractivity contribution < 1.29 is 9.90 Å². The van der Waals surface area contributed by atoms with Crippen LogP contribution in [0.4, 0.5) is 0 Å². The molecule has 0 aromatic carbocycles. The number of hydrogen-bond donors (Lipinski definition) is 1. The molecule has 0 aromatic heterocycles. The van der Waals surface area contributed by atoms with Gasteiger partial charge in [-0.25, -0.2) is 0 Å². The van der Waals surface area contributed by atoms with Gasteiger partial charge in [0.25, 0.3) is 0 Å². The highest BCUT2D eigenvalue weighted by Gasteiger charge is 2.47. The van der Waals surface area contributed by atoms with Gasteiger partial charge in [0.05, 0.1) is 0 Å². The molecule has 0 bridgehead atoms. The molecule has 2 heteroatoms. The Labute approximate surface area is 73.0 Å². The van der Waals surface area contributed by atoms with E-state index in [1.807, 2.05) is 0 Å². The number of hydrogen-bond acceptors (Lipinski definition) is 2. The fraction of sp³-hybridized carbons (Fsp3) is 0.900. The lowest BCUT2D eigenvalue weighted by Crippen LogP contribution is -2.40. The standard InChI is InChI=1S/C10H16O2/c11-9-6-2-1-4-8-5-3-7-10(8,9)12/h8,12H,1-7H2/t8-,10+/m0/s1. The maximum Gasteiger partial charge on any atom is 0.164 e. The van der Waals surface area contributed by atoms with Crippen molar-refractivity contribution in [3.63, 3.8) is 0 Å². The van der Waals surface area contributed by atoms with Crippen molar-refractivity contribution in [3.8, 4) is 0 Å². The van der Waals surface area contributed by atoms with Crippen molar-refractivity contribution in [3.05, 3.63) is 0 Å². The van der Waals surface area contributed by atoms with Gasteiger partial charge in [0.1, 0.15) is 5.60 Å². The highest BCUT2D eigenvalue weighted by Crippen LogP contribution is 2.42. The van der Waals surface area contributed by atoms with E-state index >= 15 is 0 Å². The number of carbonyl (C=O) groups is 1. The van der Waals surface area contributed by atoms with Gasteiger partial charge in [-0.15, -0.1) is 0 Å². The Kier molecular flexibility index (Phi) is 1.95. The monoisotopic (exact) mass is 168 g/mol. The maximum absolute atomic E-state index is 11.6. The number of aliphatic hydroxyl groups is 1. The minimum Gasteiger partial charge on any atom is -0.382 e. The predicted molar refractivity (Wildman–Crippen MR) is 45.8 cm³/mol. The number of carbonyl (C=O) groups excluding carboxylic acids is 1. The zero-order valence-corrected chi connectivity index (χ0v) is 7.38. The first-order valence-corrected chi connectivity index (χ1v) is 4.99. The summed E-state index contributed by atoms with van der Waals surface area (Å²) in [7, 11) is 0. The van der Waals surface area contributed by atoms with Crippen molar-refractivity contribution in [2.24, 2.45) is 5.92 Å². The molecular weight excluding hydrogens is 152 g/mol. The van der Waals surface area contributed by atoms with Gasteiger partial charge >= 0.3 is 0 Å². The van der Waals surface area contributed by atoms with E-state index in [0.717, 1.165) is 38.5 Å². The molecule has 1 N–H and O–H groups in total. The largest absolute Gasteiger partial charge is 0.382 e. The number of fused-ring (bicyclic) bond motifs is 1. The molecule has 0 heterocycles. The molecule has 2 aliphatic rings. The van der Waals surface area contributed by atoms with Crippen LogP contribution in [0.1, 0.15) is 44.9 Å². The van der Waals surface area contributed by atoms with Crippen LogP contribution in [0.25, 0.3) is 0 Å². The minimum absolute atomic E-state index is 0.113. The quantitative estimate of drug-likeness (QED) is 0.597. The molecule has 2 atom stereocenters. The second kappa shape index (κ2) is 2.84. The highest BCUT2D eigenvalue weighted by molar-refractivity contribution is 5.87. The van der Waals surface area contributed by atoms with Crippen molar-refractivity contribution >= 4 is 5.78 Å². The smallest absolute Gasteiger partial charge is 0.164 e. The molecule has 0 unspecified atom stereocenters. The molecule has 2 aliphatic carbocycles. The lowest BCUT2D eigenvalue weighted by atomic mass is 9.86. The third kappa shape index (κ3) is 1.09. The minimum atomic E-state index is -0.906. The van der Waals surface area contributed by atoms with Gasteiger partial charge in [-0.05, 0) is 38.0 Å². The molecule has 0 aromatic rings. The Morgan fingerprint density at radius 2 is 2.00 bits per heavy atom. The van der Waals surface area contributed by atoms with Crippen molar-refractivity contribution in [2.45, 2.75) is 50.5 Å². The first-order valence-electron chi connectivity index (χ1n) is 4.99. The summed E-state index contributed by atoms with van der Waals surface area (Å²) in [6, 6.07) is 0. The summed E-state index contributed by atoms with van der Waals surface area (Å²) in [4.78, 5) is 11.6. The second-order valence-corrected chi connectivity index (χ2v) is 4.18. The Morgan fingerprint density at radius 1 is 1.25 bits per heavy atom. The fourth-order valence-electron chi connectivity index (χ4n) is 2.70. The van der Waals surface area contributed by atoms with Crippen LogP contribution >= 0.6 is 0 Å². The molecule has 0 amide bonds. The summed E-state index contributed by atoms with van der Waals surface area (Å²) in [6.45, 7) is 0. The highest BCUT2D eigenvalue weighted by atomic mass is 16.3. The third-order valence-corrected chi connectivity index (χ3v) is 3.48. The van der Waals surface area contributed by atoms with Crippen LogP contribution in [-0.4, -0.2) is 16.5 Å². The van der Waals surface area contributed by atoms with Gasteiger partial charge in [0, 0.05) is 6.42 Å². The Hall–Kier alpha value is -0.370. The maximum atomic E-state index is 11.6. The fourth-order valence-corrected chi connectivity index (χ4v) is 2.70. The molecule has 2 fully saturated rings. The van der Waals surface area contributed by atoms with Crippen molar-refractivity contribution in [1.82, 2.24) is 0 Å². The number of rotatable bonds is 0. The lowest BCUT2D eigenvalue weighted by molar-refractivity contribution is -0.140. The van der Waals surface area contributed by atoms with Gasteiger partial charge in [-0.2, -0.15) is 0 Å². The molecule has 0 aliphatic heterocycles. The van der Waals surface area contributed by atoms with E-state index in [4.69, 9.17) is 0 Å². The zero-order chi connectivity index (χ0) is 8.60. The van der Waals surface area contributed by atoms with Gasteiger partial charge in [-0.1, -0.05) is 6.42 Å². The van der Waals surface area contributed by atoms with Gasteiger partial charge < -0.3 is 5.11 Å². The summed E-state index contributed by atoms with van der Waals surface area (Å²) in [5.74, 6) is 0.398. The summed E-state index contributed by atoms with van der Waals surface area (Å²) >= 11 is 0. The SMILES string of the molecule is O=C1CCCC[C@H]2CCC[C@]12O. The topological polar surface area (TPSA) is 37.3 Å². The zero-order valence-electron chi connectivity index (χ0n) is 7.38. The summed E-state index contributed by atoms with van der Waals surface area (Å²) in [5, 5.41) is 10.1. The van der Waals surface area contributed by atoms with Gasteiger partial charge in [0.15, 0.2) is 5.78 Å².